The Balaban J connectivity index is 1.91. The normalized spacial score (nSPS) is 12.9. The van der Waals surface area contributed by atoms with E-state index in [9.17, 15) is 19.2 Å². The lowest BCUT2D eigenvalue weighted by molar-refractivity contribution is -0.142. The molecule has 4 N–H and O–H groups in total. The second kappa shape index (κ2) is 11.7. The summed E-state index contributed by atoms with van der Waals surface area (Å²) in [4.78, 5) is 43.7. The van der Waals surface area contributed by atoms with E-state index >= 15 is 0 Å². The van der Waals surface area contributed by atoms with Crippen LogP contribution in [0.2, 0.25) is 0 Å². The minimum Gasteiger partial charge on any atom is -0.481 e. The van der Waals surface area contributed by atoms with Crippen LogP contribution in [0.15, 0.2) is 17.4 Å². The molecule has 0 aliphatic carbocycles. The lowest BCUT2D eigenvalue weighted by Gasteiger charge is -2.05. The molecule has 30 heavy (non-hydrogen) atoms. The molecule has 0 aliphatic rings. The molecule has 0 amide bonds. The van der Waals surface area contributed by atoms with Crippen LogP contribution in [-0.4, -0.2) is 75.2 Å². The Bertz CT molecular complexity index is 861. The number of hydrogen-bond acceptors (Lipinski definition) is 14. The van der Waals surface area contributed by atoms with Gasteiger partial charge >= 0.3 is 23.9 Å². The predicted molar refractivity (Wildman–Crippen MR) is 111 cm³/mol. The van der Waals surface area contributed by atoms with Gasteiger partial charge in [0, 0.05) is 0 Å². The Morgan fingerprint density at radius 3 is 1.30 bits per heavy atom. The highest BCUT2D eigenvalue weighted by Crippen LogP contribution is 2.43. The van der Waals surface area contributed by atoms with Crippen LogP contribution in [0.4, 0.5) is 0 Å². The topological polar surface area (TPSA) is 201 Å². The molecule has 2 aromatic heterocycles. The first-order valence-electron chi connectivity index (χ1n) is 7.38. The molecule has 2 rings (SSSR count). The zero-order valence-electron chi connectivity index (χ0n) is 14.2. The van der Waals surface area contributed by atoms with Crippen LogP contribution in [-0.2, 0) is 19.2 Å². The molecule has 2 heterocycles. The van der Waals surface area contributed by atoms with Crippen LogP contribution in [0.3, 0.4) is 0 Å². The van der Waals surface area contributed by atoms with Crippen LogP contribution in [0.5, 0.6) is 0 Å². The van der Waals surface area contributed by atoms with E-state index in [0.717, 1.165) is 46.2 Å². The molecule has 162 valence electrons. The molecule has 0 radical (unpaired) electrons. The van der Waals surface area contributed by atoms with Gasteiger partial charge in [-0.2, -0.15) is 0 Å². The summed E-state index contributed by atoms with van der Waals surface area (Å²) < 4.78 is 1.55. The highest BCUT2D eigenvalue weighted by atomic mass is 33.1. The zero-order valence-corrected chi connectivity index (χ0v) is 19.1. The Kier molecular flexibility index (Phi) is 9.62. The van der Waals surface area contributed by atoms with Gasteiger partial charge in [0.1, 0.15) is 10.5 Å². The number of aliphatic carboxylic acids is 4. The third-order valence-corrected chi connectivity index (χ3v) is 10.1. The first-order valence-corrected chi connectivity index (χ1v) is 12.9. The Labute approximate surface area is 191 Å². The summed E-state index contributed by atoms with van der Waals surface area (Å²) in [5, 5.41) is 48.7. The van der Waals surface area contributed by atoms with Crippen molar-refractivity contribution >= 4 is 91.7 Å². The molecule has 2 unspecified atom stereocenters. The Morgan fingerprint density at radius 2 is 1.00 bits per heavy atom. The summed E-state index contributed by atoms with van der Waals surface area (Å²) in [5.41, 5.74) is 0. The maximum atomic E-state index is 11.1. The lowest BCUT2D eigenvalue weighted by atomic mass is 10.3. The van der Waals surface area contributed by atoms with E-state index in [-0.39, 0.29) is 0 Å². The van der Waals surface area contributed by atoms with E-state index < -0.39 is 47.2 Å². The van der Waals surface area contributed by atoms with Gasteiger partial charge in [-0.05, 0) is 21.6 Å². The summed E-state index contributed by atoms with van der Waals surface area (Å²) in [5.74, 6) is -4.99. The first-order chi connectivity index (χ1) is 14.1. The van der Waals surface area contributed by atoms with E-state index in [4.69, 9.17) is 20.4 Å². The number of hydrogen-bond donors (Lipinski definition) is 4. The SMILES string of the molecule is O=C(O)CC(Sc1nnc(SSc2nnc(SC(CC(=O)O)C(=O)O)s2)s1)C(=O)O. The molecule has 2 aromatic rings. The van der Waals surface area contributed by atoms with Gasteiger partial charge in [-0.3, -0.25) is 19.2 Å². The van der Waals surface area contributed by atoms with Gasteiger partial charge in [0.15, 0.2) is 17.4 Å². The van der Waals surface area contributed by atoms with Crippen molar-refractivity contribution in [1.29, 1.82) is 0 Å². The third-order valence-electron chi connectivity index (χ3n) is 2.72. The van der Waals surface area contributed by atoms with Crippen LogP contribution < -0.4 is 0 Å². The van der Waals surface area contributed by atoms with Crippen molar-refractivity contribution in [3.05, 3.63) is 0 Å². The lowest BCUT2D eigenvalue weighted by Crippen LogP contribution is -2.20. The minimum atomic E-state index is -1.26. The van der Waals surface area contributed by atoms with E-state index in [2.05, 4.69) is 20.4 Å². The zero-order chi connectivity index (χ0) is 22.3. The maximum absolute atomic E-state index is 11.1. The molecule has 12 nitrogen and oxygen atoms in total. The van der Waals surface area contributed by atoms with Gasteiger partial charge in [-0.15, -0.1) is 20.4 Å². The molecule has 0 saturated heterocycles. The molecule has 0 bridgehead atoms. The fourth-order valence-electron chi connectivity index (χ4n) is 1.55. The van der Waals surface area contributed by atoms with Crippen LogP contribution in [0, 0.1) is 0 Å². The fourth-order valence-corrected chi connectivity index (χ4v) is 8.25. The summed E-state index contributed by atoms with van der Waals surface area (Å²) in [6.45, 7) is 0. The quantitative estimate of drug-likeness (QED) is 0.217. The second-order valence-electron chi connectivity index (χ2n) is 4.92. The average molecular weight is 531 g/mol. The monoisotopic (exact) mass is 530 g/mol. The molecule has 0 aromatic carbocycles. The van der Waals surface area contributed by atoms with Crippen LogP contribution in [0.25, 0.3) is 0 Å². The fraction of sp³-hybridized carbons (Fsp3) is 0.333. The molecule has 18 heteroatoms. The minimum absolute atomic E-state index is 0.304. The van der Waals surface area contributed by atoms with Crippen LogP contribution >= 0.6 is 67.8 Å². The summed E-state index contributed by atoms with van der Waals surface area (Å²) in [6, 6.07) is 0. The van der Waals surface area contributed by atoms with E-state index in [1.165, 1.54) is 21.6 Å². The first kappa shape index (κ1) is 24.7. The van der Waals surface area contributed by atoms with Gasteiger partial charge in [0.05, 0.1) is 12.8 Å². The Morgan fingerprint density at radius 1 is 0.667 bits per heavy atom. The number of carbonyl (C=O) groups is 4. The largest absolute Gasteiger partial charge is 0.481 e. The number of carboxylic acid groups (broad SMARTS) is 4. The van der Waals surface area contributed by atoms with Gasteiger partial charge < -0.3 is 20.4 Å². The molecule has 2 atom stereocenters. The van der Waals surface area contributed by atoms with Crippen molar-refractivity contribution < 1.29 is 39.6 Å². The summed E-state index contributed by atoms with van der Waals surface area (Å²) >= 11 is 3.77. The molecular weight excluding hydrogens is 521 g/mol. The molecule has 0 fully saturated rings. The molecule has 0 aliphatic heterocycles. The van der Waals surface area contributed by atoms with Gasteiger partial charge in [-0.25, -0.2) is 0 Å². The standard InChI is InChI=1S/C12H10N4O8S6/c17-5(18)1-3(7(21)22)25-9-13-15-11(27-9)29-30-12-16-14-10(28-12)26-4(8(23)24)2-6(19)20/h3-4H,1-2H2,(H,17,18)(H,19,20)(H,21,22)(H,23,24). The van der Waals surface area contributed by atoms with Crippen molar-refractivity contribution in [2.24, 2.45) is 0 Å². The second-order valence-corrected chi connectivity index (χ2v) is 12.4. The number of rotatable bonds is 13. The maximum Gasteiger partial charge on any atom is 0.317 e. The number of nitrogens with zero attached hydrogens (tertiary/aromatic N) is 4. The predicted octanol–water partition coefficient (Wildman–Crippen LogP) is 2.23. The number of aromatic nitrogens is 4. The van der Waals surface area contributed by atoms with Crippen molar-refractivity contribution in [1.82, 2.24) is 20.4 Å². The van der Waals surface area contributed by atoms with Crippen LogP contribution in [0.1, 0.15) is 12.8 Å². The van der Waals surface area contributed by atoms with Crippen molar-refractivity contribution in [3.63, 3.8) is 0 Å². The molecule has 0 spiro atoms. The summed E-state index contributed by atoms with van der Waals surface area (Å²) in [6.07, 6.45) is -1.11. The van der Waals surface area contributed by atoms with Crippen molar-refractivity contribution in [3.8, 4) is 0 Å². The summed E-state index contributed by atoms with van der Waals surface area (Å²) in [7, 11) is 2.33. The van der Waals surface area contributed by atoms with Crippen molar-refractivity contribution in [2.45, 2.75) is 40.7 Å². The van der Waals surface area contributed by atoms with E-state index in [1.54, 1.807) is 0 Å². The average Bonchev–Trinajstić information content (AvgIpc) is 3.27. The number of thioether (sulfide) groups is 2. The highest BCUT2D eigenvalue weighted by Gasteiger charge is 2.25. The third kappa shape index (κ3) is 8.26. The van der Waals surface area contributed by atoms with Gasteiger partial charge in [0.2, 0.25) is 0 Å². The van der Waals surface area contributed by atoms with Gasteiger partial charge in [0.25, 0.3) is 0 Å². The Hall–Kier alpha value is -1.60. The van der Waals surface area contributed by atoms with Gasteiger partial charge in [-0.1, -0.05) is 46.2 Å². The smallest absolute Gasteiger partial charge is 0.317 e. The molecular formula is C12H10N4O8S6. The number of carboxylic acids is 4. The van der Waals surface area contributed by atoms with Crippen molar-refractivity contribution in [2.75, 3.05) is 0 Å². The molecule has 0 saturated carbocycles. The van der Waals surface area contributed by atoms with E-state index in [1.807, 2.05) is 0 Å². The van der Waals surface area contributed by atoms with E-state index in [0.29, 0.717) is 17.4 Å². The highest BCUT2D eigenvalue weighted by molar-refractivity contribution is 8.77.